The predicted molar refractivity (Wildman–Crippen MR) is 111 cm³/mol. The van der Waals surface area contributed by atoms with Crippen LogP contribution in [0.3, 0.4) is 0 Å². The molecule has 0 aliphatic heterocycles. The van der Waals surface area contributed by atoms with Gasteiger partial charge in [0.25, 0.3) is 5.56 Å². The lowest BCUT2D eigenvalue weighted by molar-refractivity contribution is -0.122. The first-order chi connectivity index (χ1) is 14.2. The number of fused-ring (bicyclic) bond motifs is 2. The van der Waals surface area contributed by atoms with Crippen molar-refractivity contribution in [3.05, 3.63) is 70.9 Å². The van der Waals surface area contributed by atoms with Crippen molar-refractivity contribution in [3.8, 4) is 0 Å². The summed E-state index contributed by atoms with van der Waals surface area (Å²) in [4.78, 5) is 29.2. The van der Waals surface area contributed by atoms with E-state index in [1.165, 1.54) is 0 Å². The number of carbonyl (C=O) groups is 1. The topological polar surface area (TPSA) is 81.8 Å². The highest BCUT2D eigenvalue weighted by atomic mass is 16.2. The van der Waals surface area contributed by atoms with E-state index in [4.69, 9.17) is 0 Å². The maximum atomic E-state index is 13.0. The number of benzene rings is 2. The summed E-state index contributed by atoms with van der Waals surface area (Å²) < 4.78 is 3.29. The summed E-state index contributed by atoms with van der Waals surface area (Å²) in [6, 6.07) is 14.2. The third-order valence-electron chi connectivity index (χ3n) is 5.41. The number of rotatable bonds is 6. The number of aromatic nitrogens is 4. The van der Waals surface area contributed by atoms with Crippen molar-refractivity contribution in [3.63, 3.8) is 0 Å². The molecule has 29 heavy (non-hydrogen) atoms. The predicted octanol–water partition coefficient (Wildman–Crippen LogP) is 2.32. The lowest BCUT2D eigenvalue weighted by atomic mass is 10.0. The average Bonchev–Trinajstić information content (AvgIpc) is 3.52. The minimum Gasteiger partial charge on any atom is -0.354 e. The summed E-state index contributed by atoms with van der Waals surface area (Å²) >= 11 is 0. The summed E-state index contributed by atoms with van der Waals surface area (Å²) in [6.07, 6.45) is 5.10. The number of carbonyl (C=O) groups excluding carboxylic acids is 1. The first kappa shape index (κ1) is 17.6. The van der Waals surface area contributed by atoms with Crippen LogP contribution in [0.5, 0.6) is 0 Å². The van der Waals surface area contributed by atoms with Crippen molar-refractivity contribution in [1.29, 1.82) is 0 Å². The Labute approximate surface area is 167 Å². The minimum absolute atomic E-state index is 0.104. The molecular formula is C22H21N5O2. The Balaban J connectivity index is 1.39. The van der Waals surface area contributed by atoms with Crippen molar-refractivity contribution in [2.75, 3.05) is 6.54 Å². The first-order valence-electron chi connectivity index (χ1n) is 9.86. The molecule has 7 heteroatoms. The van der Waals surface area contributed by atoms with Crippen molar-refractivity contribution < 1.29 is 4.79 Å². The molecule has 146 valence electrons. The molecule has 0 saturated heterocycles. The summed E-state index contributed by atoms with van der Waals surface area (Å²) in [7, 11) is 0. The van der Waals surface area contributed by atoms with E-state index in [-0.39, 0.29) is 17.4 Å². The van der Waals surface area contributed by atoms with Gasteiger partial charge in [-0.1, -0.05) is 42.5 Å². The maximum Gasteiger partial charge on any atom is 0.264 e. The second-order valence-electron chi connectivity index (χ2n) is 7.49. The van der Waals surface area contributed by atoms with E-state index >= 15 is 0 Å². The van der Waals surface area contributed by atoms with Gasteiger partial charge in [-0.05, 0) is 29.2 Å². The number of hydrogen-bond acceptors (Lipinski definition) is 4. The van der Waals surface area contributed by atoms with Crippen molar-refractivity contribution in [2.24, 2.45) is 5.92 Å². The third kappa shape index (κ3) is 3.40. The molecular weight excluding hydrogens is 366 g/mol. The molecule has 4 aromatic rings. The Morgan fingerprint density at radius 3 is 2.79 bits per heavy atom. The first-order valence-corrected chi connectivity index (χ1v) is 9.86. The van der Waals surface area contributed by atoms with Crippen LogP contribution in [-0.2, 0) is 17.9 Å². The molecule has 1 N–H and O–H groups in total. The summed E-state index contributed by atoms with van der Waals surface area (Å²) in [5.74, 6) is 0.288. The molecule has 1 saturated carbocycles. The Morgan fingerprint density at radius 1 is 1.10 bits per heavy atom. The van der Waals surface area contributed by atoms with Gasteiger partial charge in [0, 0.05) is 12.5 Å². The van der Waals surface area contributed by atoms with Gasteiger partial charge in [0.2, 0.25) is 5.91 Å². The minimum atomic E-state index is -0.115. The second-order valence-corrected chi connectivity index (χ2v) is 7.49. The lowest BCUT2D eigenvalue weighted by Crippen LogP contribution is -2.28. The van der Waals surface area contributed by atoms with E-state index in [1.807, 2.05) is 24.3 Å². The van der Waals surface area contributed by atoms with E-state index < -0.39 is 0 Å². The van der Waals surface area contributed by atoms with Gasteiger partial charge < -0.3 is 5.32 Å². The number of nitrogens with zero attached hydrogens (tertiary/aromatic N) is 4. The van der Waals surface area contributed by atoms with Crippen LogP contribution >= 0.6 is 0 Å². The normalized spacial score (nSPS) is 13.8. The van der Waals surface area contributed by atoms with Crippen LogP contribution in [0.25, 0.3) is 21.8 Å². The molecule has 0 unspecified atom stereocenters. The molecule has 1 aliphatic carbocycles. The zero-order valence-corrected chi connectivity index (χ0v) is 15.9. The average molecular weight is 387 g/mol. The Bertz CT molecular complexity index is 1260. The number of hydrogen-bond donors (Lipinski definition) is 1. The molecule has 1 fully saturated rings. The lowest BCUT2D eigenvalue weighted by Gasteiger charge is -2.09. The van der Waals surface area contributed by atoms with Gasteiger partial charge in [0.15, 0.2) is 5.65 Å². The molecule has 0 spiro atoms. The van der Waals surface area contributed by atoms with Crippen LogP contribution in [0.4, 0.5) is 0 Å². The van der Waals surface area contributed by atoms with E-state index in [1.54, 1.807) is 21.8 Å². The highest BCUT2D eigenvalue weighted by molar-refractivity contribution is 5.85. The van der Waals surface area contributed by atoms with Gasteiger partial charge >= 0.3 is 0 Å². The Morgan fingerprint density at radius 2 is 1.93 bits per heavy atom. The molecule has 1 amide bonds. The van der Waals surface area contributed by atoms with Gasteiger partial charge in [-0.25, -0.2) is 9.67 Å². The van der Waals surface area contributed by atoms with Crippen LogP contribution in [0.15, 0.2) is 59.8 Å². The number of amides is 1. The zero-order valence-electron chi connectivity index (χ0n) is 15.9. The van der Waals surface area contributed by atoms with E-state index in [0.717, 1.165) is 29.2 Å². The maximum absolute atomic E-state index is 13.0. The molecule has 0 radical (unpaired) electrons. The largest absolute Gasteiger partial charge is 0.354 e. The Kier molecular flexibility index (Phi) is 4.35. The quantitative estimate of drug-likeness (QED) is 0.550. The smallest absolute Gasteiger partial charge is 0.264 e. The van der Waals surface area contributed by atoms with Crippen molar-refractivity contribution in [1.82, 2.24) is 24.6 Å². The van der Waals surface area contributed by atoms with Gasteiger partial charge in [-0.3, -0.25) is 14.2 Å². The summed E-state index contributed by atoms with van der Waals surface area (Å²) in [5, 5.41) is 9.98. The summed E-state index contributed by atoms with van der Waals surface area (Å²) in [6.45, 7) is 1.42. The standard InChI is InChI=1S/C22H21N5O2/c28-21(16-8-9-16)23-10-11-27-20-19(12-25-27)22(29)26(14-24-20)13-17-6-3-5-15-4-1-2-7-18(15)17/h1-7,12,14,16H,8-11,13H2,(H,23,28). The third-order valence-corrected chi connectivity index (χ3v) is 5.41. The van der Waals surface area contributed by atoms with Gasteiger partial charge in [0.05, 0.1) is 19.3 Å². The highest BCUT2D eigenvalue weighted by Gasteiger charge is 2.29. The van der Waals surface area contributed by atoms with Crippen LogP contribution in [0.2, 0.25) is 0 Å². The molecule has 2 aromatic carbocycles. The molecule has 2 aromatic heterocycles. The molecule has 7 nitrogen and oxygen atoms in total. The Hall–Kier alpha value is -3.48. The fraction of sp³-hybridized carbons (Fsp3) is 0.273. The molecule has 2 heterocycles. The van der Waals surface area contributed by atoms with Crippen molar-refractivity contribution in [2.45, 2.75) is 25.9 Å². The van der Waals surface area contributed by atoms with E-state index in [0.29, 0.717) is 30.7 Å². The van der Waals surface area contributed by atoms with Gasteiger partial charge in [-0.15, -0.1) is 0 Å². The number of nitrogens with one attached hydrogen (secondary N) is 1. The molecule has 0 atom stereocenters. The van der Waals surface area contributed by atoms with Crippen LogP contribution in [-0.4, -0.2) is 31.8 Å². The second kappa shape index (κ2) is 7.16. The van der Waals surface area contributed by atoms with Crippen LogP contribution in [0.1, 0.15) is 18.4 Å². The molecule has 0 bridgehead atoms. The molecule has 5 rings (SSSR count). The van der Waals surface area contributed by atoms with Gasteiger partial charge in [-0.2, -0.15) is 5.10 Å². The molecule has 1 aliphatic rings. The van der Waals surface area contributed by atoms with Crippen molar-refractivity contribution >= 4 is 27.7 Å². The monoisotopic (exact) mass is 387 g/mol. The fourth-order valence-electron chi connectivity index (χ4n) is 3.66. The SMILES string of the molecule is O=C(NCCn1ncc2c(=O)n(Cc3cccc4ccccc34)cnc21)C1CC1. The van der Waals surface area contributed by atoms with Gasteiger partial charge in [0.1, 0.15) is 11.7 Å². The zero-order chi connectivity index (χ0) is 19.8. The fourth-order valence-corrected chi connectivity index (χ4v) is 3.66. The van der Waals surface area contributed by atoms with Crippen LogP contribution in [0, 0.1) is 5.92 Å². The summed E-state index contributed by atoms with van der Waals surface area (Å²) in [5.41, 5.74) is 1.50. The van der Waals surface area contributed by atoms with E-state index in [9.17, 15) is 9.59 Å². The van der Waals surface area contributed by atoms with E-state index in [2.05, 4.69) is 33.6 Å². The van der Waals surface area contributed by atoms with Crippen LogP contribution < -0.4 is 10.9 Å². The highest BCUT2D eigenvalue weighted by Crippen LogP contribution is 2.28.